The molecule has 0 radical (unpaired) electrons. The lowest BCUT2D eigenvalue weighted by Crippen LogP contribution is -2.53. The van der Waals surface area contributed by atoms with E-state index in [4.69, 9.17) is 32.7 Å². The lowest BCUT2D eigenvalue weighted by atomic mass is 9.99. The molecule has 0 aromatic heterocycles. The second-order valence-corrected chi connectivity index (χ2v) is 18.0. The quantitative estimate of drug-likeness (QED) is 0.244. The Morgan fingerprint density at radius 2 is 1.58 bits per heavy atom. The van der Waals surface area contributed by atoms with Crippen LogP contribution in [-0.4, -0.2) is 97.4 Å². The average Bonchev–Trinajstić information content (AvgIpc) is 3.02. The van der Waals surface area contributed by atoms with Crippen molar-refractivity contribution in [3.8, 4) is 0 Å². The standard InChI is InChI=1S/C36H49Cl2F3N4O7S/c1-9-53(49,50)30-13-12-25(37)17-24(30)20-42-31(46)23-18-28(36(39,40)41)27(29(38)19-23)22-44-14-10-11-26(21-44)45(33(48)52-35(5,6)7)16-15-43(8)32(47)51-34(2,3)4/h12-13,17-19,26H,9-11,14-16,20-22H2,1-8H3,(H,42,46)/t26-/m0/s1. The van der Waals surface area contributed by atoms with Crippen LogP contribution in [-0.2, 0) is 38.6 Å². The predicted octanol–water partition coefficient (Wildman–Crippen LogP) is 7.80. The number of amides is 3. The molecule has 0 bridgehead atoms. The Hall–Kier alpha value is -3.27. The summed E-state index contributed by atoms with van der Waals surface area (Å²) in [5.74, 6) is -1.10. The minimum Gasteiger partial charge on any atom is -0.444 e. The Balaban J connectivity index is 1.85. The molecule has 1 aliphatic heterocycles. The summed E-state index contributed by atoms with van der Waals surface area (Å²) in [6.45, 7) is 12.1. The molecular formula is C36H49Cl2F3N4O7S. The van der Waals surface area contributed by atoms with Crippen LogP contribution in [0.5, 0.6) is 0 Å². The van der Waals surface area contributed by atoms with Gasteiger partial charge >= 0.3 is 18.4 Å². The normalized spacial score (nSPS) is 15.8. The molecule has 1 fully saturated rings. The van der Waals surface area contributed by atoms with Crippen LogP contribution in [0.25, 0.3) is 0 Å². The lowest BCUT2D eigenvalue weighted by Gasteiger charge is -2.40. The number of benzene rings is 2. The van der Waals surface area contributed by atoms with Gasteiger partial charge in [0, 0.05) is 61.4 Å². The molecule has 0 spiro atoms. The van der Waals surface area contributed by atoms with Crippen molar-refractivity contribution < 1.29 is 45.4 Å². The number of nitrogens with one attached hydrogen (secondary N) is 1. The van der Waals surface area contributed by atoms with Gasteiger partial charge in [-0.05, 0) is 102 Å². The highest BCUT2D eigenvalue weighted by atomic mass is 35.5. The van der Waals surface area contributed by atoms with Gasteiger partial charge in [0.25, 0.3) is 5.91 Å². The van der Waals surface area contributed by atoms with E-state index in [1.165, 1.54) is 34.9 Å². The second-order valence-electron chi connectivity index (χ2n) is 14.9. The van der Waals surface area contributed by atoms with Gasteiger partial charge in [-0.25, -0.2) is 18.0 Å². The molecule has 1 N–H and O–H groups in total. The zero-order chi connectivity index (χ0) is 40.1. The van der Waals surface area contributed by atoms with E-state index < -0.39 is 56.9 Å². The molecule has 3 amide bonds. The number of likely N-dealkylation sites (tertiary alicyclic amines) is 1. The van der Waals surface area contributed by atoms with Crippen molar-refractivity contribution >= 4 is 51.1 Å². The van der Waals surface area contributed by atoms with E-state index in [-0.39, 0.29) is 70.1 Å². The van der Waals surface area contributed by atoms with Crippen molar-refractivity contribution in [3.63, 3.8) is 0 Å². The summed E-state index contributed by atoms with van der Waals surface area (Å²) in [5, 5.41) is 2.42. The van der Waals surface area contributed by atoms with Gasteiger partial charge < -0.3 is 24.6 Å². The Morgan fingerprint density at radius 3 is 2.17 bits per heavy atom. The first-order valence-corrected chi connectivity index (χ1v) is 19.6. The molecule has 1 saturated heterocycles. The van der Waals surface area contributed by atoms with Crippen molar-refractivity contribution in [2.75, 3.05) is 39.0 Å². The Labute approximate surface area is 320 Å². The average molecular weight is 810 g/mol. The second kappa shape index (κ2) is 17.5. The largest absolute Gasteiger partial charge is 0.444 e. The summed E-state index contributed by atoms with van der Waals surface area (Å²) in [5.41, 5.74) is -3.07. The Bertz CT molecular complexity index is 1760. The molecule has 53 heavy (non-hydrogen) atoms. The van der Waals surface area contributed by atoms with E-state index in [9.17, 15) is 36.0 Å². The monoisotopic (exact) mass is 808 g/mol. The number of likely N-dealkylation sites (N-methyl/N-ethyl adjacent to an activating group) is 1. The number of rotatable bonds is 11. The summed E-state index contributed by atoms with van der Waals surface area (Å²) in [7, 11) is -2.14. The Morgan fingerprint density at radius 1 is 0.962 bits per heavy atom. The maximum absolute atomic E-state index is 14.6. The van der Waals surface area contributed by atoms with Crippen molar-refractivity contribution in [2.45, 2.75) is 103 Å². The Kier molecular flexibility index (Phi) is 14.5. The maximum Gasteiger partial charge on any atom is 0.416 e. The van der Waals surface area contributed by atoms with Crippen molar-refractivity contribution in [1.29, 1.82) is 0 Å². The minimum absolute atomic E-state index is 0.0470. The van der Waals surface area contributed by atoms with Gasteiger partial charge in [0.1, 0.15) is 11.2 Å². The molecule has 3 rings (SSSR count). The summed E-state index contributed by atoms with van der Waals surface area (Å²) >= 11 is 12.5. The number of ether oxygens (including phenoxy) is 2. The third kappa shape index (κ3) is 12.9. The molecule has 0 unspecified atom stereocenters. The SMILES string of the molecule is CCS(=O)(=O)c1ccc(Cl)cc1CNC(=O)c1cc(Cl)c(CN2CCC[C@H](N(CCN(C)C(=O)OC(C)(C)C)C(=O)OC(C)(C)C)C2)c(C(F)(F)F)c1. The van der Waals surface area contributed by atoms with Crippen LogP contribution in [0.3, 0.4) is 0 Å². The van der Waals surface area contributed by atoms with Gasteiger partial charge in [0.2, 0.25) is 0 Å². The highest BCUT2D eigenvalue weighted by Gasteiger charge is 2.38. The number of carbonyl (C=O) groups excluding carboxylic acids is 3. The molecule has 1 atom stereocenters. The van der Waals surface area contributed by atoms with Crippen LogP contribution in [0.2, 0.25) is 10.0 Å². The number of alkyl halides is 3. The topological polar surface area (TPSA) is 126 Å². The smallest absolute Gasteiger partial charge is 0.416 e. The highest BCUT2D eigenvalue weighted by molar-refractivity contribution is 7.91. The summed E-state index contributed by atoms with van der Waals surface area (Å²) in [4.78, 5) is 43.7. The summed E-state index contributed by atoms with van der Waals surface area (Å²) in [6, 6.07) is 5.49. The molecule has 2 aromatic carbocycles. The first kappa shape index (κ1) is 44.1. The van der Waals surface area contributed by atoms with Gasteiger partial charge in [-0.15, -0.1) is 0 Å². The van der Waals surface area contributed by atoms with Crippen molar-refractivity contribution in [1.82, 2.24) is 20.0 Å². The van der Waals surface area contributed by atoms with Crippen LogP contribution in [0.4, 0.5) is 22.8 Å². The van der Waals surface area contributed by atoms with Crippen LogP contribution in [0.1, 0.15) is 88.4 Å². The number of hydrogen-bond donors (Lipinski definition) is 1. The number of hydrogen-bond acceptors (Lipinski definition) is 8. The molecule has 296 valence electrons. The lowest BCUT2D eigenvalue weighted by molar-refractivity contribution is -0.138. The molecule has 1 heterocycles. The molecular weight excluding hydrogens is 760 g/mol. The number of halogens is 5. The van der Waals surface area contributed by atoms with E-state index >= 15 is 0 Å². The molecule has 1 aliphatic rings. The van der Waals surface area contributed by atoms with E-state index in [0.717, 1.165) is 12.1 Å². The van der Waals surface area contributed by atoms with Crippen LogP contribution in [0.15, 0.2) is 35.2 Å². The zero-order valence-corrected chi connectivity index (χ0v) is 33.7. The molecule has 0 saturated carbocycles. The summed E-state index contributed by atoms with van der Waals surface area (Å²) < 4.78 is 79.9. The minimum atomic E-state index is -4.88. The fourth-order valence-corrected chi connectivity index (χ4v) is 7.28. The van der Waals surface area contributed by atoms with Crippen LogP contribution < -0.4 is 5.32 Å². The molecule has 2 aromatic rings. The maximum atomic E-state index is 14.6. The fourth-order valence-electron chi connectivity index (χ4n) is 5.69. The number of piperidine rings is 1. The van der Waals surface area contributed by atoms with Crippen LogP contribution in [0, 0.1) is 0 Å². The first-order valence-electron chi connectivity index (χ1n) is 17.2. The summed E-state index contributed by atoms with van der Waals surface area (Å²) in [6.07, 6.45) is -4.99. The van der Waals surface area contributed by atoms with Gasteiger partial charge in [0.05, 0.1) is 16.2 Å². The van der Waals surface area contributed by atoms with E-state index in [1.54, 1.807) is 53.5 Å². The highest BCUT2D eigenvalue weighted by Crippen LogP contribution is 2.37. The third-order valence-electron chi connectivity index (χ3n) is 8.25. The van der Waals surface area contributed by atoms with E-state index in [2.05, 4.69) is 5.32 Å². The van der Waals surface area contributed by atoms with Gasteiger partial charge in [-0.1, -0.05) is 30.1 Å². The van der Waals surface area contributed by atoms with Gasteiger partial charge in [-0.3, -0.25) is 9.69 Å². The zero-order valence-electron chi connectivity index (χ0n) is 31.3. The fraction of sp³-hybridized carbons (Fsp3) is 0.583. The van der Waals surface area contributed by atoms with Gasteiger partial charge in [0.15, 0.2) is 9.84 Å². The van der Waals surface area contributed by atoms with E-state index in [0.29, 0.717) is 19.4 Å². The molecule has 0 aliphatic carbocycles. The third-order valence-corrected chi connectivity index (χ3v) is 10.7. The number of carbonyl (C=O) groups is 3. The van der Waals surface area contributed by atoms with Crippen molar-refractivity contribution in [2.24, 2.45) is 0 Å². The molecule has 17 heteroatoms. The molecule has 11 nitrogen and oxygen atoms in total. The van der Waals surface area contributed by atoms with Gasteiger partial charge in [-0.2, -0.15) is 13.2 Å². The first-order chi connectivity index (χ1) is 24.3. The van der Waals surface area contributed by atoms with Crippen LogP contribution >= 0.6 is 23.2 Å². The number of nitrogens with zero attached hydrogens (tertiary/aromatic N) is 3. The predicted molar refractivity (Wildman–Crippen MR) is 197 cm³/mol. The number of sulfone groups is 1. The van der Waals surface area contributed by atoms with Crippen molar-refractivity contribution in [3.05, 3.63) is 62.6 Å². The van der Waals surface area contributed by atoms with E-state index in [1.807, 2.05) is 0 Å².